The third-order valence-electron chi connectivity index (χ3n) is 4.74. The molecule has 1 aliphatic heterocycles. The molecule has 0 radical (unpaired) electrons. The zero-order chi connectivity index (χ0) is 16.4. The van der Waals surface area contributed by atoms with Gasteiger partial charge in [0, 0.05) is 22.7 Å². The Morgan fingerprint density at radius 3 is 2.78 bits per heavy atom. The van der Waals surface area contributed by atoms with Gasteiger partial charge in [0.15, 0.2) is 0 Å². The number of carbonyl (C=O) groups excluding carboxylic acids is 1. The summed E-state index contributed by atoms with van der Waals surface area (Å²) in [5.74, 6) is 0.0594. The Hall–Kier alpha value is -1.53. The molecule has 2 N–H and O–H groups in total. The summed E-state index contributed by atoms with van der Waals surface area (Å²) >= 11 is 1.74. The minimum absolute atomic E-state index is 0.0588. The summed E-state index contributed by atoms with van der Waals surface area (Å²) in [4.78, 5) is 26.5. The maximum atomic E-state index is 12.5. The number of carbonyl (C=O) groups is 2. The number of fused-ring (bicyclic) bond motifs is 1. The van der Waals surface area contributed by atoms with Crippen LogP contribution in [0.3, 0.4) is 0 Å². The lowest BCUT2D eigenvalue weighted by molar-refractivity contribution is -0.139. The molecule has 1 saturated carbocycles. The minimum Gasteiger partial charge on any atom is -0.480 e. The van der Waals surface area contributed by atoms with E-state index in [1.54, 1.807) is 11.8 Å². The molecule has 1 aromatic rings. The van der Waals surface area contributed by atoms with Crippen molar-refractivity contribution in [1.82, 2.24) is 10.2 Å². The van der Waals surface area contributed by atoms with Crippen molar-refractivity contribution >= 4 is 23.6 Å². The summed E-state index contributed by atoms with van der Waals surface area (Å²) in [5.41, 5.74) is 1.13. The fraction of sp³-hybridized carbons (Fsp3) is 0.529. The van der Waals surface area contributed by atoms with Crippen molar-refractivity contribution in [2.75, 3.05) is 18.8 Å². The third-order valence-corrected chi connectivity index (χ3v) is 5.92. The Kier molecular flexibility index (Phi) is 4.92. The number of aliphatic carboxylic acids is 1. The quantitative estimate of drug-likeness (QED) is 0.832. The first-order valence-corrected chi connectivity index (χ1v) is 9.05. The highest BCUT2D eigenvalue weighted by molar-refractivity contribution is 7.99. The van der Waals surface area contributed by atoms with E-state index in [2.05, 4.69) is 11.4 Å². The molecule has 1 heterocycles. The Morgan fingerprint density at radius 1 is 1.35 bits per heavy atom. The van der Waals surface area contributed by atoms with E-state index < -0.39 is 5.97 Å². The van der Waals surface area contributed by atoms with Gasteiger partial charge in [-0.1, -0.05) is 25.1 Å². The lowest BCUT2D eigenvalue weighted by atomic mass is 9.84. The Balaban J connectivity index is 1.51. The molecule has 1 aliphatic carbocycles. The Morgan fingerprint density at radius 2 is 2.09 bits per heavy atom. The van der Waals surface area contributed by atoms with Crippen molar-refractivity contribution in [3.05, 3.63) is 29.8 Å². The van der Waals surface area contributed by atoms with Crippen LogP contribution in [0.2, 0.25) is 0 Å². The van der Waals surface area contributed by atoms with Gasteiger partial charge < -0.3 is 10.4 Å². The standard InChI is InChI=1S/C17H22N2O3S/c1-2-19(9-16(20)21)12-7-11(8-12)18-17(22)14-10-23-15-6-4-3-5-13(14)15/h3-6,11-12,14H,2,7-10H2,1H3,(H,18,22)(H,20,21). The second kappa shape index (κ2) is 6.93. The molecule has 3 rings (SSSR count). The highest BCUT2D eigenvalue weighted by Gasteiger charge is 2.37. The number of carboxylic acids is 1. The molecule has 1 atom stereocenters. The largest absolute Gasteiger partial charge is 0.480 e. The number of hydrogen-bond donors (Lipinski definition) is 2. The molecule has 124 valence electrons. The number of carboxylic acid groups (broad SMARTS) is 1. The normalized spacial score (nSPS) is 25.7. The van der Waals surface area contributed by atoms with Crippen LogP contribution in [-0.2, 0) is 9.59 Å². The van der Waals surface area contributed by atoms with Gasteiger partial charge in [0.2, 0.25) is 5.91 Å². The van der Waals surface area contributed by atoms with Crippen LogP contribution < -0.4 is 5.32 Å². The van der Waals surface area contributed by atoms with Crippen molar-refractivity contribution in [2.24, 2.45) is 0 Å². The van der Waals surface area contributed by atoms with Crippen LogP contribution in [-0.4, -0.2) is 52.8 Å². The molecule has 2 aliphatic rings. The fourth-order valence-corrected chi connectivity index (χ4v) is 4.59. The van der Waals surface area contributed by atoms with E-state index in [0.717, 1.165) is 30.7 Å². The SMILES string of the molecule is CCN(CC(=O)O)C1CC(NC(=O)C2CSc3ccccc32)C1. The molecule has 0 saturated heterocycles. The van der Waals surface area contributed by atoms with Crippen molar-refractivity contribution in [3.8, 4) is 0 Å². The van der Waals surface area contributed by atoms with Crippen LogP contribution in [0.25, 0.3) is 0 Å². The van der Waals surface area contributed by atoms with Gasteiger partial charge in [0.1, 0.15) is 0 Å². The molecule has 0 spiro atoms. The number of hydrogen-bond acceptors (Lipinski definition) is 4. The number of nitrogens with one attached hydrogen (secondary N) is 1. The number of thioether (sulfide) groups is 1. The first-order valence-electron chi connectivity index (χ1n) is 8.06. The summed E-state index contributed by atoms with van der Waals surface area (Å²) in [6, 6.07) is 8.53. The maximum Gasteiger partial charge on any atom is 0.317 e. The van der Waals surface area contributed by atoms with E-state index in [4.69, 9.17) is 5.11 Å². The average molecular weight is 334 g/mol. The molecule has 1 aromatic carbocycles. The van der Waals surface area contributed by atoms with Gasteiger partial charge in [0.05, 0.1) is 12.5 Å². The lowest BCUT2D eigenvalue weighted by Crippen LogP contribution is -2.55. The number of rotatable bonds is 6. The summed E-state index contributed by atoms with van der Waals surface area (Å²) in [6.07, 6.45) is 1.68. The zero-order valence-electron chi connectivity index (χ0n) is 13.2. The lowest BCUT2D eigenvalue weighted by Gasteiger charge is -2.42. The highest BCUT2D eigenvalue weighted by atomic mass is 32.2. The Bertz CT molecular complexity index is 601. The summed E-state index contributed by atoms with van der Waals surface area (Å²) in [7, 11) is 0. The predicted molar refractivity (Wildman–Crippen MR) is 89.7 cm³/mol. The second-order valence-corrected chi connectivity index (χ2v) is 7.25. The monoisotopic (exact) mass is 334 g/mol. The van der Waals surface area contributed by atoms with Crippen molar-refractivity contribution in [2.45, 2.75) is 42.7 Å². The van der Waals surface area contributed by atoms with E-state index in [0.29, 0.717) is 0 Å². The molecular weight excluding hydrogens is 312 g/mol. The van der Waals surface area contributed by atoms with Crippen LogP contribution in [0, 0.1) is 0 Å². The zero-order valence-corrected chi connectivity index (χ0v) is 14.0. The Labute approximate surface area is 140 Å². The molecule has 6 heteroatoms. The van der Waals surface area contributed by atoms with E-state index in [1.165, 1.54) is 4.90 Å². The number of nitrogens with zero attached hydrogens (tertiary/aromatic N) is 1. The maximum absolute atomic E-state index is 12.5. The third kappa shape index (κ3) is 3.53. The van der Waals surface area contributed by atoms with Crippen LogP contribution in [0.5, 0.6) is 0 Å². The summed E-state index contributed by atoms with van der Waals surface area (Å²) < 4.78 is 0. The van der Waals surface area contributed by atoms with E-state index in [-0.39, 0.29) is 30.5 Å². The molecule has 1 amide bonds. The fourth-order valence-electron chi connectivity index (χ4n) is 3.36. The van der Waals surface area contributed by atoms with Gasteiger partial charge in [-0.05, 0) is 31.0 Å². The van der Waals surface area contributed by atoms with Gasteiger partial charge >= 0.3 is 5.97 Å². The average Bonchev–Trinajstić information content (AvgIpc) is 2.92. The summed E-state index contributed by atoms with van der Waals surface area (Å²) in [6.45, 7) is 2.78. The van der Waals surface area contributed by atoms with Gasteiger partial charge in [0.25, 0.3) is 0 Å². The van der Waals surface area contributed by atoms with E-state index >= 15 is 0 Å². The molecule has 0 aromatic heterocycles. The second-order valence-electron chi connectivity index (χ2n) is 6.19. The number of likely N-dealkylation sites (N-methyl/N-ethyl adjacent to an activating group) is 1. The van der Waals surface area contributed by atoms with E-state index in [1.807, 2.05) is 30.0 Å². The van der Waals surface area contributed by atoms with Crippen LogP contribution >= 0.6 is 11.8 Å². The minimum atomic E-state index is -0.793. The van der Waals surface area contributed by atoms with Crippen molar-refractivity contribution < 1.29 is 14.7 Å². The smallest absolute Gasteiger partial charge is 0.317 e. The molecule has 1 unspecified atom stereocenters. The highest BCUT2D eigenvalue weighted by Crippen LogP contribution is 2.39. The van der Waals surface area contributed by atoms with Gasteiger partial charge in [-0.2, -0.15) is 0 Å². The predicted octanol–water partition coefficient (Wildman–Crippen LogP) is 1.93. The molecule has 23 heavy (non-hydrogen) atoms. The van der Waals surface area contributed by atoms with E-state index in [9.17, 15) is 9.59 Å². The van der Waals surface area contributed by atoms with Crippen LogP contribution in [0.15, 0.2) is 29.2 Å². The number of benzene rings is 1. The number of amides is 1. The topological polar surface area (TPSA) is 69.6 Å². The van der Waals surface area contributed by atoms with Gasteiger partial charge in [-0.25, -0.2) is 0 Å². The van der Waals surface area contributed by atoms with Gasteiger partial charge in [-0.15, -0.1) is 11.8 Å². The summed E-state index contributed by atoms with van der Waals surface area (Å²) in [5, 5.41) is 12.1. The molecule has 0 bridgehead atoms. The molecular formula is C17H22N2O3S. The van der Waals surface area contributed by atoms with Crippen LogP contribution in [0.1, 0.15) is 31.2 Å². The van der Waals surface area contributed by atoms with Crippen molar-refractivity contribution in [1.29, 1.82) is 0 Å². The first kappa shape index (κ1) is 16.3. The first-order chi connectivity index (χ1) is 11.1. The van der Waals surface area contributed by atoms with Crippen molar-refractivity contribution in [3.63, 3.8) is 0 Å². The van der Waals surface area contributed by atoms with Crippen LogP contribution in [0.4, 0.5) is 0 Å². The van der Waals surface area contributed by atoms with Gasteiger partial charge in [-0.3, -0.25) is 14.5 Å². The molecule has 5 nitrogen and oxygen atoms in total. The molecule has 1 fully saturated rings.